The summed E-state index contributed by atoms with van der Waals surface area (Å²) < 4.78 is 5.33. The van der Waals surface area contributed by atoms with Crippen LogP contribution in [0.5, 0.6) is 5.75 Å². The molecule has 0 bridgehead atoms. The predicted octanol–water partition coefficient (Wildman–Crippen LogP) is 0.749. The van der Waals surface area contributed by atoms with Crippen LogP contribution in [0.1, 0.15) is 10.5 Å². The molecule has 136 valence electrons. The van der Waals surface area contributed by atoms with Gasteiger partial charge >= 0.3 is 0 Å². The molecule has 3 aromatic rings. The molecule has 0 radical (unpaired) electrons. The van der Waals surface area contributed by atoms with Crippen molar-refractivity contribution in [1.82, 2.24) is 21.0 Å². The summed E-state index contributed by atoms with van der Waals surface area (Å²) in [4.78, 5) is 37.9. The number of nitrogens with zero attached hydrogens (tertiary/aromatic N) is 2. The third kappa shape index (κ3) is 3.17. The monoisotopic (exact) mass is 365 g/mol. The number of anilines is 1. The van der Waals surface area contributed by atoms with Crippen molar-refractivity contribution >= 4 is 34.3 Å². The number of amides is 3. The Morgan fingerprint density at radius 2 is 1.89 bits per heavy atom. The lowest BCUT2D eigenvalue weighted by atomic mass is 10.2. The molecule has 0 saturated carbocycles. The van der Waals surface area contributed by atoms with Gasteiger partial charge < -0.3 is 4.74 Å². The average molecular weight is 365 g/mol. The number of aromatic nitrogens is 2. The molecule has 9 heteroatoms. The fourth-order valence-electron chi connectivity index (χ4n) is 2.83. The van der Waals surface area contributed by atoms with E-state index in [1.165, 1.54) is 4.90 Å². The quantitative estimate of drug-likeness (QED) is 0.592. The van der Waals surface area contributed by atoms with Crippen molar-refractivity contribution in [1.29, 1.82) is 0 Å². The molecule has 3 N–H and O–H groups in total. The second-order valence-electron chi connectivity index (χ2n) is 5.86. The highest BCUT2D eigenvalue weighted by molar-refractivity contribution is 6.06. The van der Waals surface area contributed by atoms with E-state index in [9.17, 15) is 14.4 Å². The van der Waals surface area contributed by atoms with Gasteiger partial charge in [-0.1, -0.05) is 30.3 Å². The van der Waals surface area contributed by atoms with Crippen molar-refractivity contribution in [3.8, 4) is 5.75 Å². The van der Waals surface area contributed by atoms with E-state index < -0.39 is 11.8 Å². The Kier molecular flexibility index (Phi) is 4.17. The van der Waals surface area contributed by atoms with Crippen molar-refractivity contribution in [3.05, 3.63) is 54.2 Å². The number of hydrogen-bond acceptors (Lipinski definition) is 5. The van der Waals surface area contributed by atoms with E-state index >= 15 is 0 Å². The molecule has 2 aromatic carbocycles. The van der Waals surface area contributed by atoms with Gasteiger partial charge in [0, 0.05) is 5.39 Å². The van der Waals surface area contributed by atoms with Crippen LogP contribution in [0.3, 0.4) is 0 Å². The van der Waals surface area contributed by atoms with Gasteiger partial charge in [-0.25, -0.2) is 0 Å². The lowest BCUT2D eigenvalue weighted by Crippen LogP contribution is -2.49. The highest BCUT2D eigenvalue weighted by atomic mass is 16.5. The maximum absolute atomic E-state index is 12.3. The molecule has 2 heterocycles. The van der Waals surface area contributed by atoms with Gasteiger partial charge in [0.15, 0.2) is 12.3 Å². The molecule has 9 nitrogen and oxygen atoms in total. The summed E-state index contributed by atoms with van der Waals surface area (Å²) in [7, 11) is 0. The van der Waals surface area contributed by atoms with E-state index in [2.05, 4.69) is 21.0 Å². The Balaban J connectivity index is 1.41. The van der Waals surface area contributed by atoms with E-state index in [4.69, 9.17) is 4.74 Å². The fourth-order valence-corrected chi connectivity index (χ4v) is 2.83. The number of carbonyl (C=O) groups is 3. The Bertz CT molecular complexity index is 1040. The number of rotatable bonds is 3. The summed E-state index contributed by atoms with van der Waals surface area (Å²) in [6.07, 6.45) is 0. The number of H-pyrrole nitrogens is 1. The SMILES string of the molecule is O=C(CN1C(=O)COc2ccccc21)NNC(=O)c1n[nH]c2ccccc12. The van der Waals surface area contributed by atoms with E-state index in [0.29, 0.717) is 22.3 Å². The minimum absolute atomic E-state index is 0.143. The van der Waals surface area contributed by atoms with Crippen molar-refractivity contribution in [2.45, 2.75) is 0 Å². The van der Waals surface area contributed by atoms with Crippen LogP contribution in [0.4, 0.5) is 5.69 Å². The zero-order valence-corrected chi connectivity index (χ0v) is 14.1. The molecule has 0 unspecified atom stereocenters. The number of hydrogen-bond donors (Lipinski definition) is 3. The van der Waals surface area contributed by atoms with Gasteiger partial charge in [0.1, 0.15) is 12.3 Å². The van der Waals surface area contributed by atoms with Gasteiger partial charge in [-0.2, -0.15) is 5.10 Å². The zero-order chi connectivity index (χ0) is 18.8. The van der Waals surface area contributed by atoms with Gasteiger partial charge in [0.05, 0.1) is 11.2 Å². The smallest absolute Gasteiger partial charge is 0.290 e. The van der Waals surface area contributed by atoms with Crippen molar-refractivity contribution in [2.24, 2.45) is 0 Å². The lowest BCUT2D eigenvalue weighted by molar-refractivity contribution is -0.125. The number of fused-ring (bicyclic) bond motifs is 2. The molecule has 0 spiro atoms. The van der Waals surface area contributed by atoms with Crippen LogP contribution in [-0.4, -0.2) is 41.1 Å². The third-order valence-electron chi connectivity index (χ3n) is 4.11. The molecular formula is C18H15N5O4. The van der Waals surface area contributed by atoms with Crippen LogP contribution in [-0.2, 0) is 9.59 Å². The molecule has 0 aliphatic carbocycles. The molecule has 3 amide bonds. The van der Waals surface area contributed by atoms with Crippen LogP contribution in [0, 0.1) is 0 Å². The second-order valence-corrected chi connectivity index (χ2v) is 5.86. The number of aromatic amines is 1. The number of carbonyl (C=O) groups excluding carboxylic acids is 3. The standard InChI is InChI=1S/C18H15N5O4/c24-15(9-23-13-7-3-4-8-14(13)27-10-16(23)25)20-22-18(26)17-11-5-1-2-6-12(11)19-21-17/h1-8H,9-10H2,(H,19,21)(H,20,24)(H,22,26). The van der Waals surface area contributed by atoms with Crippen LogP contribution in [0.15, 0.2) is 48.5 Å². The largest absolute Gasteiger partial charge is 0.482 e. The summed E-state index contributed by atoms with van der Waals surface area (Å²) in [6.45, 7) is -0.392. The Labute approximate surface area is 153 Å². The number of nitrogens with one attached hydrogen (secondary N) is 3. The summed E-state index contributed by atoms with van der Waals surface area (Å²) in [5.74, 6) is -0.923. The van der Waals surface area contributed by atoms with Crippen molar-refractivity contribution in [2.75, 3.05) is 18.1 Å². The van der Waals surface area contributed by atoms with Gasteiger partial charge in [-0.05, 0) is 18.2 Å². The number of para-hydroxylation sites is 3. The topological polar surface area (TPSA) is 116 Å². The Hall–Kier alpha value is -3.88. The van der Waals surface area contributed by atoms with Crippen molar-refractivity contribution < 1.29 is 19.1 Å². The first-order valence-electron chi connectivity index (χ1n) is 8.18. The zero-order valence-electron chi connectivity index (χ0n) is 14.1. The highest BCUT2D eigenvalue weighted by Crippen LogP contribution is 2.31. The van der Waals surface area contributed by atoms with Crippen LogP contribution >= 0.6 is 0 Å². The van der Waals surface area contributed by atoms with E-state index in [-0.39, 0.29) is 24.8 Å². The molecule has 1 aromatic heterocycles. The minimum atomic E-state index is -0.561. The molecule has 0 atom stereocenters. The number of benzene rings is 2. The maximum Gasteiger partial charge on any atom is 0.290 e. The summed E-state index contributed by atoms with van der Waals surface area (Å²) >= 11 is 0. The normalized spacial score (nSPS) is 13.0. The van der Waals surface area contributed by atoms with Gasteiger partial charge in [-0.15, -0.1) is 0 Å². The summed E-state index contributed by atoms with van der Waals surface area (Å²) in [5, 5.41) is 7.35. The second kappa shape index (κ2) is 6.79. The molecule has 1 aliphatic heterocycles. The first-order chi connectivity index (χ1) is 13.1. The van der Waals surface area contributed by atoms with Crippen LogP contribution in [0.2, 0.25) is 0 Å². The highest BCUT2D eigenvalue weighted by Gasteiger charge is 2.27. The molecule has 27 heavy (non-hydrogen) atoms. The first kappa shape index (κ1) is 16.6. The Morgan fingerprint density at radius 1 is 1.11 bits per heavy atom. The molecule has 1 aliphatic rings. The summed E-state index contributed by atoms with van der Waals surface area (Å²) in [5.41, 5.74) is 6.01. The average Bonchev–Trinajstić information content (AvgIpc) is 3.12. The first-order valence-corrected chi connectivity index (χ1v) is 8.18. The maximum atomic E-state index is 12.3. The van der Waals surface area contributed by atoms with Gasteiger partial charge in [-0.3, -0.25) is 35.2 Å². The lowest BCUT2D eigenvalue weighted by Gasteiger charge is -2.28. The Morgan fingerprint density at radius 3 is 2.78 bits per heavy atom. The van der Waals surface area contributed by atoms with Crippen LogP contribution in [0.25, 0.3) is 10.9 Å². The third-order valence-corrected chi connectivity index (χ3v) is 4.11. The molecular weight excluding hydrogens is 350 g/mol. The van der Waals surface area contributed by atoms with E-state index in [1.807, 2.05) is 6.07 Å². The van der Waals surface area contributed by atoms with Crippen LogP contribution < -0.4 is 20.5 Å². The van der Waals surface area contributed by atoms with Gasteiger partial charge in [0.2, 0.25) is 0 Å². The molecule has 4 rings (SSSR count). The van der Waals surface area contributed by atoms with Crippen molar-refractivity contribution in [3.63, 3.8) is 0 Å². The predicted molar refractivity (Wildman–Crippen MR) is 96.0 cm³/mol. The molecule has 0 fully saturated rings. The number of hydrazine groups is 1. The minimum Gasteiger partial charge on any atom is -0.482 e. The number of ether oxygens (including phenoxy) is 1. The fraction of sp³-hybridized carbons (Fsp3) is 0.111. The molecule has 0 saturated heterocycles. The van der Waals surface area contributed by atoms with Gasteiger partial charge in [0.25, 0.3) is 17.7 Å². The summed E-state index contributed by atoms with van der Waals surface area (Å²) in [6, 6.07) is 14.1. The van der Waals surface area contributed by atoms with E-state index in [1.54, 1.807) is 42.5 Å². The van der Waals surface area contributed by atoms with E-state index in [0.717, 1.165) is 0 Å².